The van der Waals surface area contributed by atoms with Gasteiger partial charge in [-0.15, -0.1) is 0 Å². The Labute approximate surface area is 549 Å². The SMILES string of the molecule is CCCCCCCCCCCCC(=O)O[C@H](COC(=O)CCCCCCCCCCC)COP(=O)(O)OC[C@H](O)COP(=O)(O)OC[C@@H](COC(=O)CCCCCCCCCCCCC(C)C)OC(=O)CCCCCCCCCCCCCCCCC(C)CC. The third-order valence-electron chi connectivity index (χ3n) is 16.8. The summed E-state index contributed by atoms with van der Waals surface area (Å²) in [6.07, 6.45) is 48.5. The number of ether oxygens (including phenoxy) is 4. The number of esters is 4. The molecule has 0 amide bonds. The Morgan fingerprint density at radius 1 is 0.322 bits per heavy atom. The Morgan fingerprint density at radius 3 is 0.844 bits per heavy atom. The fourth-order valence-corrected chi connectivity index (χ4v) is 12.3. The maximum Gasteiger partial charge on any atom is 0.472 e. The van der Waals surface area contributed by atoms with E-state index in [1.54, 1.807) is 0 Å². The molecular formula is C71H138O17P2. The van der Waals surface area contributed by atoms with E-state index in [4.69, 9.17) is 37.0 Å². The summed E-state index contributed by atoms with van der Waals surface area (Å²) < 4.78 is 68.3. The molecule has 0 rings (SSSR count). The lowest BCUT2D eigenvalue weighted by molar-refractivity contribution is -0.161. The first-order chi connectivity index (χ1) is 43.4. The maximum atomic E-state index is 13.0. The van der Waals surface area contributed by atoms with Crippen LogP contribution in [0.3, 0.4) is 0 Å². The molecule has 0 saturated carbocycles. The summed E-state index contributed by atoms with van der Waals surface area (Å²) in [5, 5.41) is 10.6. The number of unbranched alkanes of at least 4 members (excludes halogenated alkanes) is 39. The van der Waals surface area contributed by atoms with Crippen LogP contribution in [0.15, 0.2) is 0 Å². The van der Waals surface area contributed by atoms with Crippen LogP contribution in [0, 0.1) is 11.8 Å². The molecule has 19 heteroatoms. The average Bonchev–Trinajstić information content (AvgIpc) is 3.67. The predicted octanol–water partition coefficient (Wildman–Crippen LogP) is 20.4. The Hall–Kier alpha value is -1.94. The monoisotopic (exact) mass is 1320 g/mol. The standard InChI is InChI=1S/C71H138O17P2/c1-7-10-12-14-16-18-30-37-43-49-55-70(75)87-66(59-81-68(73)53-47-41-35-27-17-15-13-11-8-2)61-85-89(77,78)83-57-65(72)58-84-90(79,80)86-62-67(60-82-69(74)54-48-42-36-31-26-25-28-33-39-45-51-63(4)5)88-71(76)56-50-44-38-32-24-22-20-19-21-23-29-34-40-46-52-64(6)9-3/h63-67,72H,7-62H2,1-6H3,(H,77,78)(H,79,80)/t64?,65-,66+,67+/m0/s1. The van der Waals surface area contributed by atoms with Crippen LogP contribution >= 0.6 is 15.6 Å². The van der Waals surface area contributed by atoms with Gasteiger partial charge in [0.05, 0.1) is 26.4 Å². The first-order valence-electron chi connectivity index (χ1n) is 37.0. The van der Waals surface area contributed by atoms with Gasteiger partial charge in [-0.05, 0) is 37.5 Å². The number of hydrogen-bond donors (Lipinski definition) is 3. The molecule has 17 nitrogen and oxygen atoms in total. The molecule has 90 heavy (non-hydrogen) atoms. The topological polar surface area (TPSA) is 237 Å². The molecule has 0 spiro atoms. The zero-order chi connectivity index (χ0) is 66.5. The van der Waals surface area contributed by atoms with Crippen molar-refractivity contribution in [2.24, 2.45) is 11.8 Å². The predicted molar refractivity (Wildman–Crippen MR) is 363 cm³/mol. The fraction of sp³-hybridized carbons (Fsp3) is 0.944. The van der Waals surface area contributed by atoms with Gasteiger partial charge in [0.2, 0.25) is 0 Å². The number of phosphoric ester groups is 2. The highest BCUT2D eigenvalue weighted by Crippen LogP contribution is 2.45. The number of rotatable bonds is 70. The number of aliphatic hydroxyl groups excluding tert-OH is 1. The molecule has 0 aliphatic rings. The van der Waals surface area contributed by atoms with E-state index in [0.717, 1.165) is 102 Å². The van der Waals surface area contributed by atoms with Crippen molar-refractivity contribution < 1.29 is 80.2 Å². The van der Waals surface area contributed by atoms with Gasteiger partial charge in [-0.25, -0.2) is 9.13 Å². The highest BCUT2D eigenvalue weighted by molar-refractivity contribution is 7.47. The number of phosphoric acid groups is 2. The van der Waals surface area contributed by atoms with Gasteiger partial charge in [0.15, 0.2) is 12.2 Å². The summed E-state index contributed by atoms with van der Waals surface area (Å²) in [4.78, 5) is 72.5. The van der Waals surface area contributed by atoms with Gasteiger partial charge < -0.3 is 33.8 Å². The third kappa shape index (κ3) is 63.5. The Balaban J connectivity index is 5.22. The van der Waals surface area contributed by atoms with Crippen LogP contribution in [0.2, 0.25) is 0 Å². The van der Waals surface area contributed by atoms with Crippen LogP contribution in [-0.4, -0.2) is 96.7 Å². The normalized spacial score (nSPS) is 14.4. The molecule has 534 valence electrons. The largest absolute Gasteiger partial charge is 0.472 e. The molecule has 0 radical (unpaired) electrons. The minimum atomic E-state index is -4.95. The van der Waals surface area contributed by atoms with Crippen LogP contribution in [0.1, 0.15) is 363 Å². The van der Waals surface area contributed by atoms with Gasteiger partial charge in [-0.3, -0.25) is 37.3 Å². The van der Waals surface area contributed by atoms with E-state index < -0.39 is 97.5 Å². The van der Waals surface area contributed by atoms with Crippen molar-refractivity contribution in [1.29, 1.82) is 0 Å². The van der Waals surface area contributed by atoms with Crippen molar-refractivity contribution in [2.75, 3.05) is 39.6 Å². The molecule has 3 unspecified atom stereocenters. The van der Waals surface area contributed by atoms with Gasteiger partial charge in [0.25, 0.3) is 0 Å². The smallest absolute Gasteiger partial charge is 0.462 e. The zero-order valence-corrected chi connectivity index (χ0v) is 60.2. The summed E-state index contributed by atoms with van der Waals surface area (Å²) in [7, 11) is -9.90. The van der Waals surface area contributed by atoms with Crippen LogP contribution in [0.25, 0.3) is 0 Å². The lowest BCUT2D eigenvalue weighted by Gasteiger charge is -2.21. The van der Waals surface area contributed by atoms with Crippen molar-refractivity contribution in [3.05, 3.63) is 0 Å². The van der Waals surface area contributed by atoms with Crippen LogP contribution < -0.4 is 0 Å². The lowest BCUT2D eigenvalue weighted by Crippen LogP contribution is -2.30. The molecule has 0 bridgehead atoms. The number of hydrogen-bond acceptors (Lipinski definition) is 15. The van der Waals surface area contributed by atoms with Crippen molar-refractivity contribution in [3.63, 3.8) is 0 Å². The average molecular weight is 1330 g/mol. The second-order valence-corrected chi connectivity index (χ2v) is 29.3. The molecule has 0 aromatic carbocycles. The van der Waals surface area contributed by atoms with Crippen LogP contribution in [0.5, 0.6) is 0 Å². The summed E-state index contributed by atoms with van der Waals surface area (Å²) in [5.74, 6) is -0.519. The first-order valence-corrected chi connectivity index (χ1v) is 40.0. The van der Waals surface area contributed by atoms with Crippen LogP contribution in [0.4, 0.5) is 0 Å². The molecule has 0 aromatic rings. The van der Waals surface area contributed by atoms with E-state index in [2.05, 4.69) is 41.5 Å². The van der Waals surface area contributed by atoms with Crippen molar-refractivity contribution in [3.8, 4) is 0 Å². The summed E-state index contributed by atoms with van der Waals surface area (Å²) >= 11 is 0. The molecule has 0 aromatic heterocycles. The highest BCUT2D eigenvalue weighted by atomic mass is 31.2. The Morgan fingerprint density at radius 2 is 0.567 bits per heavy atom. The quantitative estimate of drug-likeness (QED) is 0.0222. The summed E-state index contributed by atoms with van der Waals surface area (Å²) in [6.45, 7) is 9.58. The molecule has 0 fully saturated rings. The molecule has 0 heterocycles. The Bertz CT molecular complexity index is 1750. The van der Waals surface area contributed by atoms with Gasteiger partial charge >= 0.3 is 39.5 Å². The molecule has 0 aliphatic heterocycles. The van der Waals surface area contributed by atoms with Gasteiger partial charge in [-0.1, -0.05) is 311 Å². The molecule has 3 N–H and O–H groups in total. The van der Waals surface area contributed by atoms with Crippen molar-refractivity contribution >= 4 is 39.5 Å². The van der Waals surface area contributed by atoms with E-state index in [1.165, 1.54) is 180 Å². The van der Waals surface area contributed by atoms with Gasteiger partial charge in [0.1, 0.15) is 19.3 Å². The summed E-state index contributed by atoms with van der Waals surface area (Å²) in [5.41, 5.74) is 0. The zero-order valence-electron chi connectivity index (χ0n) is 58.4. The molecule has 0 saturated heterocycles. The maximum absolute atomic E-state index is 13.0. The van der Waals surface area contributed by atoms with Gasteiger partial charge in [-0.2, -0.15) is 0 Å². The van der Waals surface area contributed by atoms with Gasteiger partial charge in [0, 0.05) is 25.7 Å². The molecule has 0 aliphatic carbocycles. The van der Waals surface area contributed by atoms with E-state index >= 15 is 0 Å². The van der Waals surface area contributed by atoms with Crippen LogP contribution in [-0.2, 0) is 65.4 Å². The lowest BCUT2D eigenvalue weighted by atomic mass is 9.99. The first kappa shape index (κ1) is 88.1. The van der Waals surface area contributed by atoms with E-state index in [9.17, 15) is 43.2 Å². The second-order valence-electron chi connectivity index (χ2n) is 26.3. The van der Waals surface area contributed by atoms with Crippen molar-refractivity contribution in [2.45, 2.75) is 381 Å². The minimum Gasteiger partial charge on any atom is -0.462 e. The molecular weight excluding hydrogens is 1190 g/mol. The highest BCUT2D eigenvalue weighted by Gasteiger charge is 2.30. The minimum absolute atomic E-state index is 0.106. The number of carbonyl (C=O) groups is 4. The third-order valence-corrected chi connectivity index (χ3v) is 18.7. The van der Waals surface area contributed by atoms with Crippen molar-refractivity contribution in [1.82, 2.24) is 0 Å². The fourth-order valence-electron chi connectivity index (χ4n) is 10.7. The number of aliphatic hydroxyl groups is 1. The van der Waals surface area contributed by atoms with E-state index in [0.29, 0.717) is 25.7 Å². The van der Waals surface area contributed by atoms with E-state index in [-0.39, 0.29) is 25.7 Å². The summed E-state index contributed by atoms with van der Waals surface area (Å²) in [6, 6.07) is 0. The second kappa shape index (κ2) is 63.1. The number of carbonyl (C=O) groups excluding carboxylic acids is 4. The molecule has 6 atom stereocenters. The Kier molecular flexibility index (Phi) is 61.8. The van der Waals surface area contributed by atoms with E-state index in [1.807, 2.05) is 0 Å².